The van der Waals surface area contributed by atoms with Crippen LogP contribution in [0.4, 0.5) is 0 Å². The Morgan fingerprint density at radius 2 is 2.21 bits per heavy atom. The third-order valence-electron chi connectivity index (χ3n) is 3.23. The summed E-state index contributed by atoms with van der Waals surface area (Å²) >= 11 is 0. The largest absolute Gasteiger partial charge is 0.493 e. The van der Waals surface area contributed by atoms with Gasteiger partial charge in [-0.2, -0.15) is 0 Å². The van der Waals surface area contributed by atoms with Crippen molar-refractivity contribution in [3.05, 3.63) is 29.3 Å². The Bertz CT molecular complexity index is 369. The Labute approximate surface area is 84.1 Å². The van der Waals surface area contributed by atoms with E-state index in [4.69, 9.17) is 10.5 Å². The Morgan fingerprint density at radius 3 is 3.00 bits per heavy atom. The molecule has 2 nitrogen and oxygen atoms in total. The summed E-state index contributed by atoms with van der Waals surface area (Å²) in [5.74, 6) is 1.12. The van der Waals surface area contributed by atoms with Gasteiger partial charge in [-0.25, -0.2) is 0 Å². The van der Waals surface area contributed by atoms with Crippen molar-refractivity contribution in [1.29, 1.82) is 0 Å². The van der Waals surface area contributed by atoms with Crippen LogP contribution >= 0.6 is 0 Å². The van der Waals surface area contributed by atoms with Gasteiger partial charge in [-0.1, -0.05) is 18.2 Å². The molecule has 1 saturated carbocycles. The second-order valence-electron chi connectivity index (χ2n) is 4.54. The van der Waals surface area contributed by atoms with Crippen LogP contribution in [-0.4, -0.2) is 12.1 Å². The highest BCUT2D eigenvalue weighted by molar-refractivity contribution is 5.45. The van der Waals surface area contributed by atoms with Gasteiger partial charge in [0, 0.05) is 12.0 Å². The lowest BCUT2D eigenvalue weighted by atomic mass is 10.0. The molecule has 0 unspecified atom stereocenters. The second kappa shape index (κ2) is 2.74. The van der Waals surface area contributed by atoms with Crippen LogP contribution in [0, 0.1) is 0 Å². The monoisotopic (exact) mass is 189 g/mol. The SMILES string of the molecule is NC1(Cc2cccc3c2OCC3)CC1. The Kier molecular flexibility index (Phi) is 1.62. The van der Waals surface area contributed by atoms with Crippen molar-refractivity contribution in [2.75, 3.05) is 6.61 Å². The molecule has 1 aliphatic heterocycles. The first-order chi connectivity index (χ1) is 6.77. The van der Waals surface area contributed by atoms with E-state index in [1.165, 1.54) is 11.1 Å². The standard InChI is InChI=1S/C12H15NO/c13-12(5-6-12)8-10-3-1-2-9-4-7-14-11(9)10/h1-3H,4-8,13H2. The average molecular weight is 189 g/mol. The Morgan fingerprint density at radius 1 is 1.36 bits per heavy atom. The first-order valence-electron chi connectivity index (χ1n) is 5.29. The van der Waals surface area contributed by atoms with Gasteiger partial charge in [0.15, 0.2) is 0 Å². The third-order valence-corrected chi connectivity index (χ3v) is 3.23. The van der Waals surface area contributed by atoms with E-state index in [1.54, 1.807) is 0 Å². The lowest BCUT2D eigenvalue weighted by Crippen LogP contribution is -2.24. The van der Waals surface area contributed by atoms with Gasteiger partial charge in [-0.05, 0) is 30.4 Å². The van der Waals surface area contributed by atoms with Crippen molar-refractivity contribution in [3.8, 4) is 5.75 Å². The minimum Gasteiger partial charge on any atom is -0.493 e. The van der Waals surface area contributed by atoms with E-state index >= 15 is 0 Å². The van der Waals surface area contributed by atoms with E-state index in [-0.39, 0.29) is 5.54 Å². The predicted octanol–water partition coefficient (Wildman–Crippen LogP) is 1.66. The van der Waals surface area contributed by atoms with Crippen LogP contribution in [0.15, 0.2) is 18.2 Å². The highest BCUT2D eigenvalue weighted by atomic mass is 16.5. The number of nitrogens with two attached hydrogens (primary N) is 1. The molecule has 1 heterocycles. The lowest BCUT2D eigenvalue weighted by molar-refractivity contribution is 0.352. The molecule has 3 rings (SSSR count). The molecule has 0 radical (unpaired) electrons. The van der Waals surface area contributed by atoms with Crippen molar-refractivity contribution in [2.45, 2.75) is 31.2 Å². The minimum atomic E-state index is 0.0844. The summed E-state index contributed by atoms with van der Waals surface area (Å²) < 4.78 is 5.65. The molecule has 74 valence electrons. The Balaban J connectivity index is 1.94. The molecule has 1 aliphatic carbocycles. The zero-order valence-electron chi connectivity index (χ0n) is 8.25. The van der Waals surface area contributed by atoms with Gasteiger partial charge in [0.2, 0.25) is 0 Å². The molecule has 0 bridgehead atoms. The van der Waals surface area contributed by atoms with E-state index in [9.17, 15) is 0 Å². The van der Waals surface area contributed by atoms with Crippen molar-refractivity contribution >= 4 is 0 Å². The molecule has 0 amide bonds. The van der Waals surface area contributed by atoms with Crippen LogP contribution in [0.2, 0.25) is 0 Å². The topological polar surface area (TPSA) is 35.2 Å². The molecule has 0 spiro atoms. The zero-order valence-corrected chi connectivity index (χ0v) is 8.25. The normalized spacial score (nSPS) is 21.5. The lowest BCUT2D eigenvalue weighted by Gasteiger charge is -2.11. The van der Waals surface area contributed by atoms with Crippen LogP contribution < -0.4 is 10.5 Å². The number of fused-ring (bicyclic) bond motifs is 1. The number of ether oxygens (including phenoxy) is 1. The smallest absolute Gasteiger partial charge is 0.125 e. The molecule has 2 N–H and O–H groups in total. The molecule has 0 atom stereocenters. The Hall–Kier alpha value is -1.02. The van der Waals surface area contributed by atoms with Gasteiger partial charge < -0.3 is 10.5 Å². The highest BCUT2D eigenvalue weighted by Crippen LogP contribution is 2.39. The maximum atomic E-state index is 6.12. The van der Waals surface area contributed by atoms with Crippen LogP contribution in [0.3, 0.4) is 0 Å². The first-order valence-corrected chi connectivity index (χ1v) is 5.29. The summed E-state index contributed by atoms with van der Waals surface area (Å²) in [5, 5.41) is 0. The van der Waals surface area contributed by atoms with Gasteiger partial charge in [-0.3, -0.25) is 0 Å². The molecule has 2 aliphatic rings. The van der Waals surface area contributed by atoms with Gasteiger partial charge in [-0.15, -0.1) is 0 Å². The van der Waals surface area contributed by atoms with Crippen LogP contribution in [0.1, 0.15) is 24.0 Å². The quantitative estimate of drug-likeness (QED) is 0.767. The fraction of sp³-hybridized carbons (Fsp3) is 0.500. The number of rotatable bonds is 2. The van der Waals surface area contributed by atoms with Crippen molar-refractivity contribution < 1.29 is 4.74 Å². The van der Waals surface area contributed by atoms with Gasteiger partial charge in [0.05, 0.1) is 6.61 Å². The molecule has 14 heavy (non-hydrogen) atoms. The van der Waals surface area contributed by atoms with E-state index in [1.807, 2.05) is 0 Å². The number of hydrogen-bond donors (Lipinski definition) is 1. The van der Waals surface area contributed by atoms with Gasteiger partial charge >= 0.3 is 0 Å². The molecule has 1 aromatic rings. The molecular formula is C12H15NO. The van der Waals surface area contributed by atoms with E-state index < -0.39 is 0 Å². The summed E-state index contributed by atoms with van der Waals surface area (Å²) in [5.41, 5.74) is 8.86. The molecular weight excluding hydrogens is 174 g/mol. The molecule has 1 aromatic carbocycles. The van der Waals surface area contributed by atoms with E-state index in [0.717, 1.165) is 38.0 Å². The minimum absolute atomic E-state index is 0.0844. The van der Waals surface area contributed by atoms with Crippen molar-refractivity contribution in [1.82, 2.24) is 0 Å². The fourth-order valence-corrected chi connectivity index (χ4v) is 2.14. The van der Waals surface area contributed by atoms with Crippen molar-refractivity contribution in [2.24, 2.45) is 5.73 Å². The number of hydrogen-bond acceptors (Lipinski definition) is 2. The molecule has 2 heteroatoms. The van der Waals surface area contributed by atoms with Crippen LogP contribution in [0.25, 0.3) is 0 Å². The molecule has 1 fully saturated rings. The maximum absolute atomic E-state index is 6.12. The molecule has 0 saturated heterocycles. The van der Waals surface area contributed by atoms with E-state index in [0.29, 0.717) is 0 Å². The number of benzene rings is 1. The second-order valence-corrected chi connectivity index (χ2v) is 4.54. The summed E-state index contributed by atoms with van der Waals surface area (Å²) in [6.07, 6.45) is 4.37. The number of para-hydroxylation sites is 1. The van der Waals surface area contributed by atoms with Gasteiger partial charge in [0.25, 0.3) is 0 Å². The predicted molar refractivity (Wildman–Crippen MR) is 55.5 cm³/mol. The average Bonchev–Trinajstić information content (AvgIpc) is 2.73. The molecule has 0 aromatic heterocycles. The van der Waals surface area contributed by atoms with Crippen molar-refractivity contribution in [3.63, 3.8) is 0 Å². The van der Waals surface area contributed by atoms with Crippen LogP contribution in [0.5, 0.6) is 5.75 Å². The van der Waals surface area contributed by atoms with Crippen LogP contribution in [-0.2, 0) is 12.8 Å². The third kappa shape index (κ3) is 1.30. The first kappa shape index (κ1) is 8.30. The zero-order chi connectivity index (χ0) is 9.60. The highest BCUT2D eigenvalue weighted by Gasteiger charge is 2.39. The van der Waals surface area contributed by atoms with Gasteiger partial charge in [0.1, 0.15) is 5.75 Å². The summed E-state index contributed by atoms with van der Waals surface area (Å²) in [7, 11) is 0. The maximum Gasteiger partial charge on any atom is 0.125 e. The summed E-state index contributed by atoms with van der Waals surface area (Å²) in [6.45, 7) is 0.837. The fourth-order valence-electron chi connectivity index (χ4n) is 2.14. The summed E-state index contributed by atoms with van der Waals surface area (Å²) in [4.78, 5) is 0. The van der Waals surface area contributed by atoms with E-state index in [2.05, 4.69) is 18.2 Å². The summed E-state index contributed by atoms with van der Waals surface area (Å²) in [6, 6.07) is 6.42.